The molecular formula is C15H26N2O2S. The van der Waals surface area contributed by atoms with Crippen LogP contribution in [0.4, 0.5) is 11.4 Å². The van der Waals surface area contributed by atoms with Crippen LogP contribution in [0.1, 0.15) is 40.0 Å². The molecule has 1 unspecified atom stereocenters. The predicted octanol–water partition coefficient (Wildman–Crippen LogP) is 3.30. The van der Waals surface area contributed by atoms with Crippen LogP contribution in [-0.2, 0) is 9.84 Å². The van der Waals surface area contributed by atoms with Gasteiger partial charge in [-0.15, -0.1) is 0 Å². The van der Waals surface area contributed by atoms with Gasteiger partial charge in [-0.3, -0.25) is 0 Å². The van der Waals surface area contributed by atoms with Gasteiger partial charge in [0.15, 0.2) is 9.84 Å². The van der Waals surface area contributed by atoms with Gasteiger partial charge < -0.3 is 11.1 Å². The number of sulfone groups is 1. The first-order chi connectivity index (χ1) is 9.21. The van der Waals surface area contributed by atoms with Gasteiger partial charge in [0.1, 0.15) is 0 Å². The number of benzene rings is 1. The molecule has 0 saturated carbocycles. The summed E-state index contributed by atoms with van der Waals surface area (Å²) in [6.07, 6.45) is 4.57. The summed E-state index contributed by atoms with van der Waals surface area (Å²) in [5, 5.41) is 3.31. The van der Waals surface area contributed by atoms with Crippen LogP contribution < -0.4 is 11.1 Å². The maximum absolute atomic E-state index is 11.6. The first kappa shape index (κ1) is 16.8. The van der Waals surface area contributed by atoms with E-state index >= 15 is 0 Å². The summed E-state index contributed by atoms with van der Waals surface area (Å²) >= 11 is 0. The van der Waals surface area contributed by atoms with E-state index in [4.69, 9.17) is 5.73 Å². The van der Waals surface area contributed by atoms with Crippen molar-refractivity contribution in [1.82, 2.24) is 0 Å². The molecule has 0 saturated heterocycles. The molecule has 20 heavy (non-hydrogen) atoms. The number of rotatable bonds is 7. The molecular weight excluding hydrogens is 272 g/mol. The van der Waals surface area contributed by atoms with Crippen LogP contribution >= 0.6 is 0 Å². The molecule has 114 valence electrons. The summed E-state index contributed by atoms with van der Waals surface area (Å²) < 4.78 is 23.3. The van der Waals surface area contributed by atoms with E-state index in [0.29, 0.717) is 17.3 Å². The van der Waals surface area contributed by atoms with Gasteiger partial charge in [-0.1, -0.05) is 32.8 Å². The molecule has 0 radical (unpaired) electrons. The smallest absolute Gasteiger partial charge is 0.177 e. The van der Waals surface area contributed by atoms with E-state index in [9.17, 15) is 8.42 Å². The second-order valence-electron chi connectivity index (χ2n) is 5.86. The van der Waals surface area contributed by atoms with Gasteiger partial charge in [-0.25, -0.2) is 8.42 Å². The van der Waals surface area contributed by atoms with Crippen molar-refractivity contribution in [3.05, 3.63) is 18.2 Å². The zero-order valence-corrected chi connectivity index (χ0v) is 13.6. The Morgan fingerprint density at radius 2 is 1.85 bits per heavy atom. The Morgan fingerprint density at radius 1 is 1.20 bits per heavy atom. The fraction of sp³-hybridized carbons (Fsp3) is 0.600. The molecule has 1 aromatic carbocycles. The topological polar surface area (TPSA) is 72.2 Å². The summed E-state index contributed by atoms with van der Waals surface area (Å²) in [7, 11) is -3.28. The Kier molecular flexibility index (Phi) is 5.87. The lowest BCUT2D eigenvalue weighted by atomic mass is 10.0. The van der Waals surface area contributed by atoms with Crippen LogP contribution in [0.25, 0.3) is 0 Å². The first-order valence-corrected chi connectivity index (χ1v) is 8.96. The minimum Gasteiger partial charge on any atom is -0.396 e. The number of hydrogen-bond acceptors (Lipinski definition) is 4. The predicted molar refractivity (Wildman–Crippen MR) is 85.7 cm³/mol. The zero-order valence-electron chi connectivity index (χ0n) is 12.8. The lowest BCUT2D eigenvalue weighted by Crippen LogP contribution is -2.17. The molecule has 1 atom stereocenters. The van der Waals surface area contributed by atoms with Crippen molar-refractivity contribution in [2.24, 2.45) is 5.92 Å². The van der Waals surface area contributed by atoms with Crippen molar-refractivity contribution in [2.45, 2.75) is 51.0 Å². The van der Waals surface area contributed by atoms with Crippen LogP contribution in [0, 0.1) is 5.92 Å². The van der Waals surface area contributed by atoms with Crippen molar-refractivity contribution in [2.75, 3.05) is 17.3 Å². The third-order valence-electron chi connectivity index (χ3n) is 3.29. The molecule has 5 heteroatoms. The minimum absolute atomic E-state index is 0.192. The molecule has 0 aromatic heterocycles. The SMILES string of the molecule is CC(C)CCCC(C)Nc1cccc(S(C)(=O)=O)c1N. The van der Waals surface area contributed by atoms with Crippen LogP contribution in [0.5, 0.6) is 0 Å². The van der Waals surface area contributed by atoms with Gasteiger partial charge in [0.05, 0.1) is 16.3 Å². The van der Waals surface area contributed by atoms with E-state index in [2.05, 4.69) is 26.1 Å². The molecule has 0 heterocycles. The largest absolute Gasteiger partial charge is 0.396 e. The Balaban J connectivity index is 2.73. The van der Waals surface area contributed by atoms with Crippen molar-refractivity contribution in [3.63, 3.8) is 0 Å². The number of nitrogen functional groups attached to an aromatic ring is 1. The monoisotopic (exact) mass is 298 g/mol. The number of nitrogens with one attached hydrogen (secondary N) is 1. The third-order valence-corrected chi connectivity index (χ3v) is 4.44. The summed E-state index contributed by atoms with van der Waals surface area (Å²) in [5.41, 5.74) is 6.96. The molecule has 0 amide bonds. The van der Waals surface area contributed by atoms with Gasteiger partial charge in [0.2, 0.25) is 0 Å². The number of para-hydroxylation sites is 1. The molecule has 0 aliphatic rings. The number of nitrogens with two attached hydrogens (primary N) is 1. The molecule has 1 rings (SSSR count). The highest BCUT2D eigenvalue weighted by Crippen LogP contribution is 2.27. The Labute approximate surface area is 122 Å². The molecule has 0 spiro atoms. The van der Waals surface area contributed by atoms with E-state index in [1.54, 1.807) is 12.1 Å². The highest BCUT2D eigenvalue weighted by atomic mass is 32.2. The minimum atomic E-state index is -3.28. The highest BCUT2D eigenvalue weighted by molar-refractivity contribution is 7.90. The zero-order chi connectivity index (χ0) is 15.3. The molecule has 1 aromatic rings. The first-order valence-electron chi connectivity index (χ1n) is 7.07. The van der Waals surface area contributed by atoms with E-state index in [1.165, 1.54) is 12.7 Å². The number of anilines is 2. The fourth-order valence-corrected chi connectivity index (χ4v) is 3.00. The van der Waals surface area contributed by atoms with Gasteiger partial charge in [-0.05, 0) is 31.4 Å². The lowest BCUT2D eigenvalue weighted by molar-refractivity contribution is 0.520. The van der Waals surface area contributed by atoms with E-state index in [1.807, 2.05) is 6.07 Å². The summed E-state index contributed by atoms with van der Waals surface area (Å²) in [6, 6.07) is 5.35. The third kappa shape index (κ3) is 5.04. The average molecular weight is 298 g/mol. The normalized spacial score (nSPS) is 13.4. The second-order valence-corrected chi connectivity index (χ2v) is 7.84. The van der Waals surface area contributed by atoms with Crippen LogP contribution in [0.3, 0.4) is 0 Å². The van der Waals surface area contributed by atoms with Gasteiger partial charge in [0.25, 0.3) is 0 Å². The Bertz CT molecular complexity index is 539. The lowest BCUT2D eigenvalue weighted by Gasteiger charge is -2.18. The van der Waals surface area contributed by atoms with Crippen molar-refractivity contribution in [1.29, 1.82) is 0 Å². The number of hydrogen-bond donors (Lipinski definition) is 2. The van der Waals surface area contributed by atoms with Crippen molar-refractivity contribution < 1.29 is 8.42 Å². The average Bonchev–Trinajstić information content (AvgIpc) is 2.29. The molecule has 0 aliphatic carbocycles. The van der Waals surface area contributed by atoms with Crippen molar-refractivity contribution in [3.8, 4) is 0 Å². The standard InChI is InChI=1S/C15H26N2O2S/c1-11(2)7-5-8-12(3)17-13-9-6-10-14(15(13)16)20(4,18)19/h6,9-12,17H,5,7-8,16H2,1-4H3. The summed E-state index contributed by atoms with van der Waals surface area (Å²) in [6.45, 7) is 6.52. The van der Waals surface area contributed by atoms with Gasteiger partial charge in [0, 0.05) is 12.3 Å². The summed E-state index contributed by atoms with van der Waals surface area (Å²) in [4.78, 5) is 0.192. The van der Waals surface area contributed by atoms with E-state index in [0.717, 1.165) is 12.8 Å². The molecule has 4 nitrogen and oxygen atoms in total. The van der Waals surface area contributed by atoms with Crippen LogP contribution in [0.2, 0.25) is 0 Å². The molecule has 0 aliphatic heterocycles. The molecule has 3 N–H and O–H groups in total. The molecule has 0 fully saturated rings. The van der Waals surface area contributed by atoms with Gasteiger partial charge in [-0.2, -0.15) is 0 Å². The highest BCUT2D eigenvalue weighted by Gasteiger charge is 2.15. The van der Waals surface area contributed by atoms with Crippen LogP contribution in [0.15, 0.2) is 23.1 Å². The quantitative estimate of drug-likeness (QED) is 0.758. The van der Waals surface area contributed by atoms with Crippen molar-refractivity contribution >= 4 is 21.2 Å². The fourth-order valence-electron chi connectivity index (χ4n) is 2.16. The maximum Gasteiger partial charge on any atom is 0.177 e. The summed E-state index contributed by atoms with van der Waals surface area (Å²) in [5.74, 6) is 0.709. The Morgan fingerprint density at radius 3 is 2.40 bits per heavy atom. The molecule has 0 bridgehead atoms. The van der Waals surface area contributed by atoms with E-state index < -0.39 is 9.84 Å². The maximum atomic E-state index is 11.6. The van der Waals surface area contributed by atoms with Crippen LogP contribution in [-0.4, -0.2) is 20.7 Å². The van der Waals surface area contributed by atoms with Gasteiger partial charge >= 0.3 is 0 Å². The Hall–Kier alpha value is -1.23. The van der Waals surface area contributed by atoms with E-state index in [-0.39, 0.29) is 10.9 Å². The second kappa shape index (κ2) is 6.97.